The minimum Gasteiger partial charge on any atom is -0.381 e. The van der Waals surface area contributed by atoms with E-state index in [1.807, 2.05) is 33.3 Å². The summed E-state index contributed by atoms with van der Waals surface area (Å²) in [4.78, 5) is 17.5. The Morgan fingerprint density at radius 2 is 1.77 bits per heavy atom. The summed E-state index contributed by atoms with van der Waals surface area (Å²) in [5.41, 5.74) is 1.86. The SMILES string of the molecule is CN(C)CCN(C)c1ccc(C(=O)Nc2n[nH]c3c2CN(S(=O)(=O)c2cc(F)cc(F)c2)C3(C)C)c(NC2CCOCC2)c1. The smallest absolute Gasteiger partial charge is 0.258 e. The second-order valence-electron chi connectivity index (χ2n) is 12.0. The summed E-state index contributed by atoms with van der Waals surface area (Å²) in [6.07, 6.45) is 1.62. The number of rotatable bonds is 10. The number of halogens is 2. The van der Waals surface area contributed by atoms with Crippen molar-refractivity contribution in [1.82, 2.24) is 19.4 Å². The van der Waals surface area contributed by atoms with Crippen LogP contribution in [0.15, 0.2) is 41.3 Å². The number of carbonyl (C=O) groups is 1. The maximum absolute atomic E-state index is 13.9. The van der Waals surface area contributed by atoms with Crippen LogP contribution >= 0.6 is 0 Å². The lowest BCUT2D eigenvalue weighted by Crippen LogP contribution is -2.40. The minimum atomic E-state index is -4.31. The lowest BCUT2D eigenvalue weighted by molar-refractivity contribution is 0.0904. The summed E-state index contributed by atoms with van der Waals surface area (Å²) < 4.78 is 61.6. The van der Waals surface area contributed by atoms with E-state index in [1.54, 1.807) is 19.9 Å². The normalized spacial score (nSPS) is 17.1. The molecule has 5 rings (SSSR count). The summed E-state index contributed by atoms with van der Waals surface area (Å²) in [6, 6.07) is 7.96. The molecule has 238 valence electrons. The number of carbonyl (C=O) groups excluding carboxylic acids is 1. The summed E-state index contributed by atoms with van der Waals surface area (Å²) in [5.74, 6) is -2.21. The standard InChI is InChI=1S/C30H39F2N7O4S/c1-30(2)27-25(18-39(30)44(41,42)23-15-19(31)14-20(32)16-23)28(36-35-27)34-29(40)24-7-6-22(38(5)11-10-37(3)4)17-26(24)33-21-8-12-43-13-9-21/h6-7,14-17,21,33H,8-13,18H2,1-5H3,(H2,34,35,36,40). The number of hydrogen-bond acceptors (Lipinski definition) is 8. The number of aromatic nitrogens is 2. The molecule has 1 fully saturated rings. The van der Waals surface area contributed by atoms with Crippen molar-refractivity contribution < 1.29 is 26.7 Å². The third kappa shape index (κ3) is 6.43. The highest BCUT2D eigenvalue weighted by Gasteiger charge is 2.48. The van der Waals surface area contributed by atoms with Crippen LogP contribution in [0.3, 0.4) is 0 Å². The van der Waals surface area contributed by atoms with Crippen molar-refractivity contribution in [2.75, 3.05) is 63.0 Å². The van der Waals surface area contributed by atoms with Crippen LogP contribution in [-0.4, -0.2) is 87.2 Å². The molecule has 0 bridgehead atoms. The molecule has 2 aromatic carbocycles. The highest BCUT2D eigenvalue weighted by molar-refractivity contribution is 7.89. The van der Waals surface area contributed by atoms with E-state index in [0.717, 1.165) is 48.1 Å². The molecule has 3 aromatic rings. The number of fused-ring (bicyclic) bond motifs is 1. The molecule has 2 aliphatic heterocycles. The van der Waals surface area contributed by atoms with Gasteiger partial charge in [0, 0.05) is 68.9 Å². The maximum Gasteiger partial charge on any atom is 0.258 e. The van der Waals surface area contributed by atoms with Gasteiger partial charge in [0.1, 0.15) is 11.6 Å². The van der Waals surface area contributed by atoms with Crippen LogP contribution in [0.2, 0.25) is 0 Å². The van der Waals surface area contributed by atoms with Crippen molar-refractivity contribution in [2.24, 2.45) is 0 Å². The Hall–Kier alpha value is -3.59. The Morgan fingerprint density at radius 3 is 2.43 bits per heavy atom. The van der Waals surface area contributed by atoms with Gasteiger partial charge in [-0.2, -0.15) is 9.40 Å². The number of amides is 1. The molecule has 0 radical (unpaired) electrons. The Bertz CT molecular complexity index is 1620. The van der Waals surface area contributed by atoms with Gasteiger partial charge in [0.2, 0.25) is 10.0 Å². The third-order valence-corrected chi connectivity index (χ3v) is 10.2. The number of nitrogens with zero attached hydrogens (tertiary/aromatic N) is 4. The number of anilines is 3. The van der Waals surface area contributed by atoms with Gasteiger partial charge in [-0.15, -0.1) is 0 Å². The Morgan fingerprint density at radius 1 is 1.09 bits per heavy atom. The molecule has 3 N–H and O–H groups in total. The third-order valence-electron chi connectivity index (χ3n) is 8.21. The second kappa shape index (κ2) is 12.4. The van der Waals surface area contributed by atoms with Gasteiger partial charge >= 0.3 is 0 Å². The average molecular weight is 632 g/mol. The monoisotopic (exact) mass is 631 g/mol. The number of likely N-dealkylation sites (N-methyl/N-ethyl adjacent to an activating group) is 2. The first-order chi connectivity index (χ1) is 20.8. The zero-order valence-corrected chi connectivity index (χ0v) is 26.4. The maximum atomic E-state index is 13.9. The predicted molar refractivity (Wildman–Crippen MR) is 164 cm³/mol. The van der Waals surface area contributed by atoms with Gasteiger partial charge < -0.3 is 25.2 Å². The van der Waals surface area contributed by atoms with Crippen molar-refractivity contribution in [3.63, 3.8) is 0 Å². The Balaban J connectivity index is 1.41. The van der Waals surface area contributed by atoms with E-state index in [4.69, 9.17) is 4.74 Å². The van der Waals surface area contributed by atoms with Crippen LogP contribution in [-0.2, 0) is 26.8 Å². The summed E-state index contributed by atoms with van der Waals surface area (Å²) >= 11 is 0. The highest BCUT2D eigenvalue weighted by atomic mass is 32.2. The number of H-pyrrole nitrogens is 1. The fourth-order valence-corrected chi connectivity index (χ4v) is 7.36. The molecular weight excluding hydrogens is 592 g/mol. The molecule has 44 heavy (non-hydrogen) atoms. The number of benzene rings is 2. The lowest BCUT2D eigenvalue weighted by Gasteiger charge is -2.30. The van der Waals surface area contributed by atoms with E-state index < -0.39 is 38.0 Å². The molecule has 1 amide bonds. The number of ether oxygens (including phenoxy) is 1. The summed E-state index contributed by atoms with van der Waals surface area (Å²) in [6.45, 7) is 6.11. The number of sulfonamides is 1. The van der Waals surface area contributed by atoms with Crippen LogP contribution in [0, 0.1) is 11.6 Å². The van der Waals surface area contributed by atoms with Gasteiger partial charge in [-0.25, -0.2) is 17.2 Å². The first-order valence-electron chi connectivity index (χ1n) is 14.5. The molecule has 1 aromatic heterocycles. The molecule has 11 nitrogen and oxygen atoms in total. The zero-order valence-electron chi connectivity index (χ0n) is 25.6. The van der Waals surface area contributed by atoms with Gasteiger partial charge in [0.25, 0.3) is 5.91 Å². The molecule has 0 spiro atoms. The largest absolute Gasteiger partial charge is 0.381 e. The van der Waals surface area contributed by atoms with E-state index in [2.05, 4.69) is 30.6 Å². The van der Waals surface area contributed by atoms with Crippen LogP contribution in [0.25, 0.3) is 0 Å². The Kier molecular flexibility index (Phi) is 8.99. The Labute approximate surface area is 256 Å². The van der Waals surface area contributed by atoms with Crippen LogP contribution in [0.1, 0.15) is 48.3 Å². The van der Waals surface area contributed by atoms with Crippen LogP contribution in [0.5, 0.6) is 0 Å². The fraction of sp³-hybridized carbons (Fsp3) is 0.467. The molecule has 0 atom stereocenters. The van der Waals surface area contributed by atoms with Gasteiger partial charge in [-0.05, 0) is 71.1 Å². The number of nitrogens with one attached hydrogen (secondary N) is 3. The van der Waals surface area contributed by atoms with Crippen LogP contribution < -0.4 is 15.5 Å². The van der Waals surface area contributed by atoms with Gasteiger partial charge in [-0.3, -0.25) is 9.89 Å². The van der Waals surface area contributed by atoms with Crippen molar-refractivity contribution in [2.45, 2.75) is 49.7 Å². The van der Waals surface area contributed by atoms with Gasteiger partial charge in [0.05, 0.1) is 21.7 Å². The van der Waals surface area contributed by atoms with E-state index >= 15 is 0 Å². The predicted octanol–water partition coefficient (Wildman–Crippen LogP) is 3.97. The lowest BCUT2D eigenvalue weighted by atomic mass is 10.0. The van der Waals surface area contributed by atoms with Crippen molar-refractivity contribution in [3.8, 4) is 0 Å². The van der Waals surface area contributed by atoms with E-state index in [0.29, 0.717) is 41.8 Å². The summed E-state index contributed by atoms with van der Waals surface area (Å²) in [7, 11) is 1.73. The molecule has 14 heteroatoms. The molecule has 0 unspecified atom stereocenters. The first kappa shape index (κ1) is 31.8. The van der Waals surface area contributed by atoms with Crippen LogP contribution in [0.4, 0.5) is 26.0 Å². The number of hydrogen-bond donors (Lipinski definition) is 3. The van der Waals surface area contributed by atoms with Gasteiger partial charge in [-0.1, -0.05) is 0 Å². The van der Waals surface area contributed by atoms with Crippen molar-refractivity contribution in [1.29, 1.82) is 0 Å². The minimum absolute atomic E-state index is 0.138. The first-order valence-corrected chi connectivity index (χ1v) is 15.9. The average Bonchev–Trinajstić information content (AvgIpc) is 3.49. The quantitative estimate of drug-likeness (QED) is 0.307. The van der Waals surface area contributed by atoms with Gasteiger partial charge in [0.15, 0.2) is 5.82 Å². The van der Waals surface area contributed by atoms with Crippen molar-refractivity contribution >= 4 is 33.1 Å². The molecule has 0 saturated carbocycles. The van der Waals surface area contributed by atoms with E-state index in [-0.39, 0.29) is 18.4 Å². The molecule has 0 aliphatic carbocycles. The number of aromatic amines is 1. The van der Waals surface area contributed by atoms with E-state index in [9.17, 15) is 22.0 Å². The molecule has 2 aliphatic rings. The topological polar surface area (TPSA) is 123 Å². The van der Waals surface area contributed by atoms with E-state index in [1.165, 1.54) is 0 Å². The highest BCUT2D eigenvalue weighted by Crippen LogP contribution is 2.44. The fourth-order valence-electron chi connectivity index (χ4n) is 5.59. The molecule has 1 saturated heterocycles. The second-order valence-corrected chi connectivity index (χ2v) is 13.9. The molecule has 3 heterocycles. The molecular formula is C30H39F2N7O4S. The summed E-state index contributed by atoms with van der Waals surface area (Å²) in [5, 5.41) is 13.6. The zero-order chi connectivity index (χ0) is 31.8. The van der Waals surface area contributed by atoms with Crippen molar-refractivity contribution in [3.05, 3.63) is 64.9 Å².